The van der Waals surface area contributed by atoms with Gasteiger partial charge in [0.25, 0.3) is 0 Å². The highest BCUT2D eigenvalue weighted by Crippen LogP contribution is 2.32. The van der Waals surface area contributed by atoms with Gasteiger partial charge in [-0.25, -0.2) is 8.42 Å². The summed E-state index contributed by atoms with van der Waals surface area (Å²) in [5.74, 6) is 1.18. The van der Waals surface area contributed by atoms with Crippen LogP contribution in [0.5, 0.6) is 17.2 Å². The average molecular weight is 441 g/mol. The smallest absolute Gasteiger partial charge is 0.241 e. The fraction of sp³-hybridized carbons (Fsp3) is 0.316. The van der Waals surface area contributed by atoms with Crippen LogP contribution in [0.2, 0.25) is 5.02 Å². The van der Waals surface area contributed by atoms with Gasteiger partial charge in [-0.15, -0.1) is 0 Å². The molecule has 0 radical (unpaired) electrons. The minimum Gasteiger partial charge on any atom is -0.492 e. The molecule has 10 heteroatoms. The highest BCUT2D eigenvalue weighted by atomic mass is 35.5. The molecule has 2 aromatic rings. The van der Waals surface area contributed by atoms with Gasteiger partial charge in [-0.2, -0.15) is 4.72 Å². The van der Waals surface area contributed by atoms with E-state index in [4.69, 9.17) is 25.8 Å². The Hall–Kier alpha value is -2.49. The second-order valence-electron chi connectivity index (χ2n) is 6.27. The third-order valence-electron chi connectivity index (χ3n) is 4.14. The van der Waals surface area contributed by atoms with Crippen molar-refractivity contribution in [3.63, 3.8) is 0 Å². The van der Waals surface area contributed by atoms with E-state index in [2.05, 4.69) is 10.0 Å². The minimum absolute atomic E-state index is 0.0543. The first kappa shape index (κ1) is 21.2. The average Bonchev–Trinajstić information content (AvgIpc) is 3.15. The topological polar surface area (TPSA) is 103 Å². The molecule has 3 rings (SSSR count). The maximum atomic E-state index is 12.5. The van der Waals surface area contributed by atoms with Gasteiger partial charge in [0.05, 0.1) is 22.6 Å². The van der Waals surface area contributed by atoms with Crippen LogP contribution in [0.4, 0.5) is 0 Å². The molecule has 2 N–H and O–H groups in total. The Morgan fingerprint density at radius 1 is 1.21 bits per heavy atom. The third kappa shape index (κ3) is 5.11. The SMILES string of the molecule is CCOc1ccc(S(=O)(=O)N[C@H](C)C(=O)NCc2ccc3c(c2)OCO3)cc1Cl. The van der Waals surface area contributed by atoms with Gasteiger partial charge < -0.3 is 19.5 Å². The number of hydrogen-bond acceptors (Lipinski definition) is 6. The molecule has 0 bridgehead atoms. The van der Waals surface area contributed by atoms with E-state index >= 15 is 0 Å². The van der Waals surface area contributed by atoms with Crippen LogP contribution < -0.4 is 24.2 Å². The van der Waals surface area contributed by atoms with E-state index in [-0.39, 0.29) is 23.3 Å². The summed E-state index contributed by atoms with van der Waals surface area (Å²) in [6, 6.07) is 8.46. The zero-order valence-electron chi connectivity index (χ0n) is 15.9. The number of rotatable bonds is 8. The lowest BCUT2D eigenvalue weighted by atomic mass is 10.2. The van der Waals surface area contributed by atoms with Crippen molar-refractivity contribution in [3.8, 4) is 17.2 Å². The molecule has 2 aromatic carbocycles. The van der Waals surface area contributed by atoms with E-state index < -0.39 is 22.0 Å². The first-order chi connectivity index (χ1) is 13.8. The quantitative estimate of drug-likeness (QED) is 0.653. The van der Waals surface area contributed by atoms with Crippen LogP contribution in [0, 0.1) is 0 Å². The number of halogens is 1. The van der Waals surface area contributed by atoms with Gasteiger partial charge in [0.2, 0.25) is 22.7 Å². The Labute approximate surface area is 174 Å². The van der Waals surface area contributed by atoms with E-state index in [1.54, 1.807) is 25.1 Å². The Bertz CT molecular complexity index is 1010. The summed E-state index contributed by atoms with van der Waals surface area (Å²) in [5.41, 5.74) is 0.802. The molecule has 8 nitrogen and oxygen atoms in total. The largest absolute Gasteiger partial charge is 0.492 e. The molecule has 0 fully saturated rings. The number of ether oxygens (including phenoxy) is 3. The molecular formula is C19H21ClN2O6S. The van der Waals surface area contributed by atoms with E-state index in [1.807, 2.05) is 0 Å². The summed E-state index contributed by atoms with van der Waals surface area (Å²) in [7, 11) is -3.94. The lowest BCUT2D eigenvalue weighted by Crippen LogP contribution is -2.44. The van der Waals surface area contributed by atoms with Crippen molar-refractivity contribution in [1.29, 1.82) is 0 Å². The number of carbonyl (C=O) groups excluding carboxylic acids is 1. The zero-order valence-corrected chi connectivity index (χ0v) is 17.5. The molecule has 1 aliphatic heterocycles. The molecule has 0 unspecified atom stereocenters. The van der Waals surface area contributed by atoms with Crippen LogP contribution in [0.25, 0.3) is 0 Å². The Morgan fingerprint density at radius 2 is 1.97 bits per heavy atom. The molecule has 1 amide bonds. The Kier molecular flexibility index (Phi) is 6.51. The third-order valence-corrected chi connectivity index (χ3v) is 5.98. The number of amides is 1. The van der Waals surface area contributed by atoms with E-state index in [9.17, 15) is 13.2 Å². The fourth-order valence-electron chi connectivity index (χ4n) is 2.67. The first-order valence-electron chi connectivity index (χ1n) is 8.91. The van der Waals surface area contributed by atoms with Crippen LogP contribution in [0.15, 0.2) is 41.3 Å². The Morgan fingerprint density at radius 3 is 2.69 bits per heavy atom. The van der Waals surface area contributed by atoms with Gasteiger partial charge >= 0.3 is 0 Å². The van der Waals surface area contributed by atoms with Crippen LogP contribution in [0.1, 0.15) is 19.4 Å². The molecule has 0 aliphatic carbocycles. The lowest BCUT2D eigenvalue weighted by Gasteiger charge is -2.15. The maximum Gasteiger partial charge on any atom is 0.241 e. The van der Waals surface area contributed by atoms with Gasteiger partial charge in [0, 0.05) is 6.54 Å². The van der Waals surface area contributed by atoms with Crippen molar-refractivity contribution in [2.45, 2.75) is 31.3 Å². The van der Waals surface area contributed by atoms with Crippen LogP contribution in [-0.2, 0) is 21.4 Å². The summed E-state index contributed by atoms with van der Waals surface area (Å²) in [4.78, 5) is 12.3. The van der Waals surface area contributed by atoms with E-state index in [0.29, 0.717) is 23.9 Å². The van der Waals surface area contributed by atoms with Crippen molar-refractivity contribution in [2.24, 2.45) is 0 Å². The maximum absolute atomic E-state index is 12.5. The number of carbonyl (C=O) groups is 1. The normalized spacial score (nSPS) is 13.8. The molecule has 1 heterocycles. The van der Waals surface area contributed by atoms with Crippen molar-refractivity contribution < 1.29 is 27.4 Å². The molecule has 1 aliphatic rings. The zero-order chi connectivity index (χ0) is 21.0. The predicted molar refractivity (Wildman–Crippen MR) is 107 cm³/mol. The molecule has 0 saturated carbocycles. The van der Waals surface area contributed by atoms with Crippen molar-refractivity contribution in [3.05, 3.63) is 47.0 Å². The van der Waals surface area contributed by atoms with Gasteiger partial charge in [0.1, 0.15) is 5.75 Å². The molecule has 0 spiro atoms. The summed E-state index contributed by atoms with van der Waals surface area (Å²) >= 11 is 6.06. The fourth-order valence-corrected chi connectivity index (χ4v) is 4.20. The molecular weight excluding hydrogens is 420 g/mol. The second-order valence-corrected chi connectivity index (χ2v) is 8.39. The van der Waals surface area contributed by atoms with E-state index in [1.165, 1.54) is 25.1 Å². The highest BCUT2D eigenvalue weighted by Gasteiger charge is 2.23. The molecule has 0 saturated heterocycles. The number of sulfonamides is 1. The van der Waals surface area contributed by atoms with Gasteiger partial charge in [0.15, 0.2) is 11.5 Å². The molecule has 0 aromatic heterocycles. The number of hydrogen-bond donors (Lipinski definition) is 2. The summed E-state index contributed by atoms with van der Waals surface area (Å²) < 4.78 is 43.3. The highest BCUT2D eigenvalue weighted by molar-refractivity contribution is 7.89. The number of benzene rings is 2. The van der Waals surface area contributed by atoms with Crippen LogP contribution in [0.3, 0.4) is 0 Å². The predicted octanol–water partition coefficient (Wildman–Crippen LogP) is 2.45. The lowest BCUT2D eigenvalue weighted by molar-refractivity contribution is -0.122. The summed E-state index contributed by atoms with van der Waals surface area (Å²) in [6.07, 6.45) is 0. The number of fused-ring (bicyclic) bond motifs is 1. The van der Waals surface area contributed by atoms with Crippen molar-refractivity contribution in [2.75, 3.05) is 13.4 Å². The first-order valence-corrected chi connectivity index (χ1v) is 10.8. The second kappa shape index (κ2) is 8.89. The van der Waals surface area contributed by atoms with Crippen molar-refractivity contribution >= 4 is 27.5 Å². The molecule has 29 heavy (non-hydrogen) atoms. The molecule has 156 valence electrons. The monoisotopic (exact) mass is 440 g/mol. The standard InChI is InChI=1S/C19H21ClN2O6S/c1-3-26-16-7-5-14(9-15(16)20)29(24,25)22-12(2)19(23)21-10-13-4-6-17-18(8-13)28-11-27-17/h4-9,12,22H,3,10-11H2,1-2H3,(H,21,23)/t12-/m1/s1. The van der Waals surface area contributed by atoms with Gasteiger partial charge in [-0.1, -0.05) is 17.7 Å². The van der Waals surface area contributed by atoms with Crippen LogP contribution in [-0.4, -0.2) is 33.8 Å². The van der Waals surface area contributed by atoms with Crippen LogP contribution >= 0.6 is 11.6 Å². The summed E-state index contributed by atoms with van der Waals surface area (Å²) in [6.45, 7) is 4.05. The van der Waals surface area contributed by atoms with Crippen molar-refractivity contribution in [1.82, 2.24) is 10.0 Å². The van der Waals surface area contributed by atoms with Gasteiger partial charge in [-0.05, 0) is 49.7 Å². The molecule has 1 atom stereocenters. The minimum atomic E-state index is -3.94. The van der Waals surface area contributed by atoms with Gasteiger partial charge in [-0.3, -0.25) is 4.79 Å². The Balaban J connectivity index is 1.60. The summed E-state index contributed by atoms with van der Waals surface area (Å²) in [5, 5.41) is 2.87. The number of nitrogens with one attached hydrogen (secondary N) is 2. The van der Waals surface area contributed by atoms with E-state index in [0.717, 1.165) is 5.56 Å².